The van der Waals surface area contributed by atoms with Gasteiger partial charge in [0.2, 0.25) is 0 Å². The fourth-order valence-electron chi connectivity index (χ4n) is 2.42. The molecule has 0 bridgehead atoms. The summed E-state index contributed by atoms with van der Waals surface area (Å²) >= 11 is 0. The first-order valence-electron chi connectivity index (χ1n) is 7.99. The van der Waals surface area contributed by atoms with Gasteiger partial charge in [-0.15, -0.1) is 5.10 Å². The summed E-state index contributed by atoms with van der Waals surface area (Å²) in [7, 11) is 0. The lowest BCUT2D eigenvalue weighted by atomic mass is 10.2. The minimum absolute atomic E-state index is 0.0722. The summed E-state index contributed by atoms with van der Waals surface area (Å²) in [6.07, 6.45) is -4.54. The average Bonchev–Trinajstić information content (AvgIpc) is 3.03. The van der Waals surface area contributed by atoms with Gasteiger partial charge in [0, 0.05) is 17.1 Å². The van der Waals surface area contributed by atoms with Crippen molar-refractivity contribution in [1.82, 2.24) is 19.6 Å². The number of alkyl halides is 3. The Morgan fingerprint density at radius 3 is 2.64 bits per heavy atom. The van der Waals surface area contributed by atoms with E-state index in [0.717, 1.165) is 18.2 Å². The van der Waals surface area contributed by atoms with E-state index in [0.29, 0.717) is 11.4 Å². The average molecular weight is 393 g/mol. The number of amides is 1. The van der Waals surface area contributed by atoms with Crippen LogP contribution in [0.2, 0.25) is 0 Å². The number of fused-ring (bicyclic) bond motifs is 1. The maximum atomic E-state index is 12.7. The van der Waals surface area contributed by atoms with E-state index in [4.69, 9.17) is 4.74 Å². The minimum Gasteiger partial charge on any atom is -0.450 e. The molecule has 0 radical (unpaired) electrons. The van der Waals surface area contributed by atoms with Crippen LogP contribution in [0.4, 0.5) is 18.9 Å². The van der Waals surface area contributed by atoms with Crippen LogP contribution >= 0.6 is 0 Å². The first-order valence-corrected chi connectivity index (χ1v) is 7.99. The molecule has 1 amide bonds. The molecule has 3 aromatic rings. The maximum Gasteiger partial charge on any atom is 0.416 e. The molecule has 0 aliphatic carbocycles. The highest BCUT2D eigenvalue weighted by atomic mass is 19.4. The van der Waals surface area contributed by atoms with E-state index in [1.807, 2.05) is 0 Å². The SMILES string of the molecule is Cc1cc(C)n2nc(C(=O)OCC(=O)Nc3cccc(C(F)(F)F)c3)nc2n1. The van der Waals surface area contributed by atoms with Crippen molar-refractivity contribution in [3.63, 3.8) is 0 Å². The van der Waals surface area contributed by atoms with Crippen molar-refractivity contribution in [2.75, 3.05) is 11.9 Å². The lowest BCUT2D eigenvalue weighted by Crippen LogP contribution is -2.21. The Morgan fingerprint density at radius 2 is 1.93 bits per heavy atom. The van der Waals surface area contributed by atoms with E-state index in [-0.39, 0.29) is 17.3 Å². The number of hydrogen-bond acceptors (Lipinski definition) is 6. The van der Waals surface area contributed by atoms with E-state index in [1.165, 1.54) is 10.6 Å². The number of carbonyl (C=O) groups is 2. The molecule has 0 saturated carbocycles. The van der Waals surface area contributed by atoms with Gasteiger partial charge in [-0.1, -0.05) is 6.07 Å². The van der Waals surface area contributed by atoms with Crippen LogP contribution in [-0.2, 0) is 15.7 Å². The number of benzene rings is 1. The third kappa shape index (κ3) is 4.24. The Kier molecular flexibility index (Phi) is 4.99. The number of ether oxygens (including phenoxy) is 1. The van der Waals surface area contributed by atoms with E-state index in [2.05, 4.69) is 20.4 Å². The van der Waals surface area contributed by atoms with Crippen LogP contribution < -0.4 is 5.32 Å². The van der Waals surface area contributed by atoms with E-state index in [1.54, 1.807) is 19.9 Å². The zero-order valence-corrected chi connectivity index (χ0v) is 14.7. The lowest BCUT2D eigenvalue weighted by molar-refractivity contribution is -0.137. The number of carbonyl (C=O) groups excluding carboxylic acids is 2. The molecule has 0 atom stereocenters. The third-order valence-electron chi connectivity index (χ3n) is 3.61. The fourth-order valence-corrected chi connectivity index (χ4v) is 2.42. The Bertz CT molecular complexity index is 1060. The summed E-state index contributed by atoms with van der Waals surface area (Å²) in [4.78, 5) is 32.0. The zero-order valence-electron chi connectivity index (χ0n) is 14.7. The van der Waals surface area contributed by atoms with Gasteiger partial charge in [-0.25, -0.2) is 14.3 Å². The van der Waals surface area contributed by atoms with Gasteiger partial charge in [-0.3, -0.25) is 4.79 Å². The molecule has 28 heavy (non-hydrogen) atoms. The maximum absolute atomic E-state index is 12.7. The summed E-state index contributed by atoms with van der Waals surface area (Å²) in [5.41, 5.74) is 0.417. The van der Waals surface area contributed by atoms with Crippen molar-refractivity contribution in [3.05, 3.63) is 53.1 Å². The molecule has 0 unspecified atom stereocenters. The van der Waals surface area contributed by atoms with E-state index in [9.17, 15) is 22.8 Å². The molecule has 146 valence electrons. The van der Waals surface area contributed by atoms with Crippen LogP contribution in [0.15, 0.2) is 30.3 Å². The molecule has 3 rings (SSSR count). The predicted octanol–water partition coefficient (Wildman–Crippen LogP) is 2.56. The van der Waals surface area contributed by atoms with E-state index >= 15 is 0 Å². The van der Waals surface area contributed by atoms with Crippen LogP contribution in [0, 0.1) is 13.8 Å². The van der Waals surface area contributed by atoms with Gasteiger partial charge < -0.3 is 10.1 Å². The molecule has 1 aromatic carbocycles. The summed E-state index contributed by atoms with van der Waals surface area (Å²) in [5, 5.41) is 6.20. The Morgan fingerprint density at radius 1 is 1.18 bits per heavy atom. The number of anilines is 1. The Hall–Kier alpha value is -3.50. The number of rotatable bonds is 4. The predicted molar refractivity (Wildman–Crippen MR) is 90.6 cm³/mol. The molecule has 0 saturated heterocycles. The van der Waals surface area contributed by atoms with Gasteiger partial charge in [0.25, 0.3) is 17.5 Å². The van der Waals surface area contributed by atoms with Gasteiger partial charge in [0.05, 0.1) is 5.56 Å². The van der Waals surface area contributed by atoms with Crippen LogP contribution in [0.25, 0.3) is 5.78 Å². The molecule has 0 aliphatic rings. The number of nitrogens with one attached hydrogen (secondary N) is 1. The molecule has 1 N–H and O–H groups in total. The zero-order chi connectivity index (χ0) is 20.5. The molecule has 11 heteroatoms. The van der Waals surface area contributed by atoms with Crippen molar-refractivity contribution in [2.24, 2.45) is 0 Å². The molecule has 8 nitrogen and oxygen atoms in total. The van der Waals surface area contributed by atoms with Gasteiger partial charge in [0.1, 0.15) is 0 Å². The number of aryl methyl sites for hydroxylation is 2. The summed E-state index contributed by atoms with van der Waals surface area (Å²) < 4.78 is 44.2. The number of hydrogen-bond donors (Lipinski definition) is 1. The highest BCUT2D eigenvalue weighted by molar-refractivity contribution is 5.94. The number of aromatic nitrogens is 4. The second-order valence-electron chi connectivity index (χ2n) is 5.89. The first kappa shape index (κ1) is 19.3. The molecular formula is C17H14F3N5O3. The summed E-state index contributed by atoms with van der Waals surface area (Å²) in [5.74, 6) is -1.84. The van der Waals surface area contributed by atoms with Crippen molar-refractivity contribution >= 4 is 23.3 Å². The highest BCUT2D eigenvalue weighted by Gasteiger charge is 2.30. The van der Waals surface area contributed by atoms with Gasteiger partial charge >= 0.3 is 12.1 Å². The molecule has 2 heterocycles. The molecule has 0 aliphatic heterocycles. The van der Waals surface area contributed by atoms with Crippen LogP contribution in [0.5, 0.6) is 0 Å². The highest BCUT2D eigenvalue weighted by Crippen LogP contribution is 2.30. The van der Waals surface area contributed by atoms with Gasteiger partial charge in [-0.2, -0.15) is 18.2 Å². The second kappa shape index (κ2) is 7.25. The Labute approximate surface area is 156 Å². The molecule has 0 spiro atoms. The Balaban J connectivity index is 1.63. The first-order chi connectivity index (χ1) is 13.1. The van der Waals surface area contributed by atoms with E-state index < -0.39 is 30.2 Å². The van der Waals surface area contributed by atoms with Crippen molar-refractivity contribution in [2.45, 2.75) is 20.0 Å². The summed E-state index contributed by atoms with van der Waals surface area (Å²) in [6, 6.07) is 5.85. The second-order valence-corrected chi connectivity index (χ2v) is 5.89. The largest absolute Gasteiger partial charge is 0.450 e. The van der Waals surface area contributed by atoms with Crippen molar-refractivity contribution in [1.29, 1.82) is 0 Å². The van der Waals surface area contributed by atoms with Crippen LogP contribution in [0.1, 0.15) is 27.6 Å². The smallest absolute Gasteiger partial charge is 0.416 e. The van der Waals surface area contributed by atoms with Gasteiger partial charge in [0.15, 0.2) is 6.61 Å². The topological polar surface area (TPSA) is 98.5 Å². The van der Waals surface area contributed by atoms with Gasteiger partial charge in [-0.05, 0) is 38.1 Å². The molecule has 2 aromatic heterocycles. The monoisotopic (exact) mass is 393 g/mol. The van der Waals surface area contributed by atoms with Crippen molar-refractivity contribution in [3.8, 4) is 0 Å². The molecule has 0 fully saturated rings. The minimum atomic E-state index is -4.54. The summed E-state index contributed by atoms with van der Waals surface area (Å²) in [6.45, 7) is 2.81. The quantitative estimate of drug-likeness (QED) is 0.684. The molecular weight excluding hydrogens is 379 g/mol. The lowest BCUT2D eigenvalue weighted by Gasteiger charge is -2.09. The van der Waals surface area contributed by atoms with Crippen LogP contribution in [0.3, 0.4) is 0 Å². The number of esters is 1. The van der Waals surface area contributed by atoms with Crippen LogP contribution in [-0.4, -0.2) is 38.1 Å². The number of nitrogens with zero attached hydrogens (tertiary/aromatic N) is 4. The third-order valence-corrected chi connectivity index (χ3v) is 3.61. The fraction of sp³-hybridized carbons (Fsp3) is 0.235. The standard InChI is InChI=1S/C17H14F3N5O3/c1-9-6-10(2)25-16(21-9)23-14(24-25)15(27)28-8-13(26)22-12-5-3-4-11(7-12)17(18,19)20/h3-7H,8H2,1-2H3,(H,22,26). The normalized spacial score (nSPS) is 11.5. The van der Waals surface area contributed by atoms with Crippen molar-refractivity contribution < 1.29 is 27.5 Å². The number of halogens is 3.